The molecule has 7 nitrogen and oxygen atoms in total. The third kappa shape index (κ3) is 4.01. The maximum atomic E-state index is 11.0. The van der Waals surface area contributed by atoms with Gasteiger partial charge in [0.25, 0.3) is 0 Å². The van der Waals surface area contributed by atoms with E-state index in [4.69, 9.17) is 0 Å². The van der Waals surface area contributed by atoms with E-state index in [0.717, 1.165) is 12.8 Å². The SMILES string of the molecule is Cc1ncc([N+](=O)[O-])n1CCN(CCO)C1CCCCC1. The summed E-state index contributed by atoms with van der Waals surface area (Å²) in [6.45, 7) is 3.79. The Morgan fingerprint density at radius 3 is 2.76 bits per heavy atom. The largest absolute Gasteiger partial charge is 0.395 e. The summed E-state index contributed by atoms with van der Waals surface area (Å²) in [6, 6.07) is 0.494. The Labute approximate surface area is 124 Å². The Morgan fingerprint density at radius 1 is 1.43 bits per heavy atom. The number of aliphatic hydroxyl groups excluding tert-OH is 1. The van der Waals surface area contributed by atoms with Gasteiger partial charge in [0, 0.05) is 26.1 Å². The van der Waals surface area contributed by atoms with Gasteiger partial charge in [-0.1, -0.05) is 19.3 Å². The first-order valence-corrected chi connectivity index (χ1v) is 7.65. The molecule has 1 aliphatic rings. The van der Waals surface area contributed by atoms with Crippen molar-refractivity contribution in [2.24, 2.45) is 0 Å². The van der Waals surface area contributed by atoms with E-state index in [2.05, 4.69) is 9.88 Å². The van der Waals surface area contributed by atoms with Crippen molar-refractivity contribution in [3.05, 3.63) is 22.1 Å². The molecule has 0 aliphatic heterocycles. The molecule has 0 amide bonds. The average molecular weight is 296 g/mol. The van der Waals surface area contributed by atoms with Crippen LogP contribution in [0, 0.1) is 17.0 Å². The van der Waals surface area contributed by atoms with Crippen molar-refractivity contribution < 1.29 is 10.0 Å². The topological polar surface area (TPSA) is 84.4 Å². The van der Waals surface area contributed by atoms with Crippen LogP contribution in [0.15, 0.2) is 6.20 Å². The number of nitrogens with zero attached hydrogens (tertiary/aromatic N) is 4. The summed E-state index contributed by atoms with van der Waals surface area (Å²) >= 11 is 0. The fraction of sp³-hybridized carbons (Fsp3) is 0.786. The fourth-order valence-electron chi connectivity index (χ4n) is 3.16. The molecule has 0 bridgehead atoms. The van der Waals surface area contributed by atoms with Crippen LogP contribution >= 0.6 is 0 Å². The summed E-state index contributed by atoms with van der Waals surface area (Å²) < 4.78 is 1.65. The van der Waals surface area contributed by atoms with Crippen LogP contribution in [0.2, 0.25) is 0 Å². The van der Waals surface area contributed by atoms with Crippen LogP contribution in [0.3, 0.4) is 0 Å². The highest BCUT2D eigenvalue weighted by molar-refractivity contribution is 5.18. The molecule has 1 N–H and O–H groups in total. The maximum Gasteiger partial charge on any atom is 0.342 e. The predicted octanol–water partition coefficient (Wildman–Crippen LogP) is 1.73. The molecule has 1 aromatic rings. The number of imidazole rings is 1. The molecule has 1 aromatic heterocycles. The van der Waals surface area contributed by atoms with Gasteiger partial charge in [-0.25, -0.2) is 9.55 Å². The van der Waals surface area contributed by atoms with Gasteiger partial charge >= 0.3 is 5.82 Å². The van der Waals surface area contributed by atoms with Crippen LogP contribution in [0.25, 0.3) is 0 Å². The van der Waals surface area contributed by atoms with Gasteiger partial charge in [-0.15, -0.1) is 0 Å². The number of aliphatic hydroxyl groups is 1. The zero-order valence-corrected chi connectivity index (χ0v) is 12.6. The molecule has 21 heavy (non-hydrogen) atoms. The molecule has 1 heterocycles. The fourth-order valence-corrected chi connectivity index (χ4v) is 3.16. The smallest absolute Gasteiger partial charge is 0.342 e. The van der Waals surface area contributed by atoms with E-state index >= 15 is 0 Å². The molecule has 0 aromatic carbocycles. The van der Waals surface area contributed by atoms with Crippen LogP contribution in [-0.2, 0) is 6.54 Å². The Bertz CT molecular complexity index is 469. The lowest BCUT2D eigenvalue weighted by atomic mass is 9.94. The molecule has 1 fully saturated rings. The minimum Gasteiger partial charge on any atom is -0.395 e. The maximum absolute atomic E-state index is 11.0. The van der Waals surface area contributed by atoms with Gasteiger partial charge in [0.2, 0.25) is 0 Å². The lowest BCUT2D eigenvalue weighted by Crippen LogP contribution is -2.40. The molecule has 118 valence electrons. The van der Waals surface area contributed by atoms with Crippen molar-refractivity contribution in [3.8, 4) is 0 Å². The summed E-state index contributed by atoms with van der Waals surface area (Å²) in [6.07, 6.45) is 7.38. The van der Waals surface area contributed by atoms with E-state index in [1.54, 1.807) is 11.5 Å². The van der Waals surface area contributed by atoms with E-state index in [9.17, 15) is 15.2 Å². The van der Waals surface area contributed by atoms with E-state index in [1.807, 2.05) is 0 Å². The zero-order chi connectivity index (χ0) is 15.2. The minimum absolute atomic E-state index is 0.0418. The molecular weight excluding hydrogens is 272 g/mol. The third-order valence-corrected chi connectivity index (χ3v) is 4.31. The van der Waals surface area contributed by atoms with Crippen molar-refractivity contribution in [3.63, 3.8) is 0 Å². The highest BCUT2D eigenvalue weighted by Gasteiger charge is 2.23. The van der Waals surface area contributed by atoms with Gasteiger partial charge in [0.1, 0.15) is 12.7 Å². The van der Waals surface area contributed by atoms with E-state index in [0.29, 0.717) is 31.5 Å². The molecule has 1 saturated carbocycles. The van der Waals surface area contributed by atoms with Gasteiger partial charge in [0.15, 0.2) is 5.82 Å². The van der Waals surface area contributed by atoms with Crippen LogP contribution < -0.4 is 0 Å². The minimum atomic E-state index is -0.392. The first-order valence-electron chi connectivity index (χ1n) is 7.65. The van der Waals surface area contributed by atoms with Gasteiger partial charge in [-0.3, -0.25) is 4.90 Å². The molecule has 0 atom stereocenters. The van der Waals surface area contributed by atoms with Crippen LogP contribution in [0.1, 0.15) is 37.9 Å². The Hall–Kier alpha value is -1.47. The average Bonchev–Trinajstić information content (AvgIpc) is 2.86. The number of nitro groups is 1. The molecule has 0 spiro atoms. The summed E-state index contributed by atoms with van der Waals surface area (Å²) in [4.78, 5) is 16.9. The van der Waals surface area contributed by atoms with Gasteiger partial charge < -0.3 is 15.2 Å². The molecule has 0 radical (unpaired) electrons. The molecular formula is C14H24N4O3. The first kappa shape index (κ1) is 15.9. The number of hydrogen-bond donors (Lipinski definition) is 1. The number of rotatable bonds is 7. The quantitative estimate of drug-likeness (QED) is 0.612. The Morgan fingerprint density at radius 2 is 2.14 bits per heavy atom. The molecule has 0 saturated heterocycles. The van der Waals surface area contributed by atoms with Crippen molar-refractivity contribution in [1.82, 2.24) is 14.5 Å². The molecule has 2 rings (SSSR count). The zero-order valence-electron chi connectivity index (χ0n) is 12.6. The van der Waals surface area contributed by atoms with Crippen molar-refractivity contribution in [1.29, 1.82) is 0 Å². The van der Waals surface area contributed by atoms with Gasteiger partial charge in [-0.05, 0) is 17.8 Å². The lowest BCUT2D eigenvalue weighted by Gasteiger charge is -2.33. The lowest BCUT2D eigenvalue weighted by molar-refractivity contribution is -0.392. The van der Waals surface area contributed by atoms with Crippen molar-refractivity contribution in [2.45, 2.75) is 51.6 Å². The summed E-state index contributed by atoms with van der Waals surface area (Å²) in [5, 5.41) is 20.3. The normalized spacial score (nSPS) is 16.5. The van der Waals surface area contributed by atoms with Crippen molar-refractivity contribution in [2.75, 3.05) is 19.7 Å². The van der Waals surface area contributed by atoms with Crippen molar-refractivity contribution >= 4 is 5.82 Å². The van der Waals surface area contributed by atoms with Crippen LogP contribution in [0.5, 0.6) is 0 Å². The van der Waals surface area contributed by atoms with E-state index in [1.165, 1.54) is 25.5 Å². The molecule has 7 heteroatoms. The Balaban J connectivity index is 2.01. The molecule has 1 aliphatic carbocycles. The predicted molar refractivity (Wildman–Crippen MR) is 79.2 cm³/mol. The second kappa shape index (κ2) is 7.51. The standard InChI is InChI=1S/C14H24N4O3/c1-12-15-11-14(18(20)21)17(12)8-7-16(9-10-19)13-5-3-2-4-6-13/h11,13,19H,2-10H2,1H3. The second-order valence-corrected chi connectivity index (χ2v) is 5.62. The highest BCUT2D eigenvalue weighted by Crippen LogP contribution is 2.23. The third-order valence-electron chi connectivity index (χ3n) is 4.31. The van der Waals surface area contributed by atoms with E-state index in [-0.39, 0.29) is 12.4 Å². The summed E-state index contributed by atoms with van der Waals surface area (Å²) in [7, 11) is 0. The van der Waals surface area contributed by atoms with Gasteiger partial charge in [0.05, 0.1) is 6.61 Å². The number of hydrogen-bond acceptors (Lipinski definition) is 5. The van der Waals surface area contributed by atoms with Gasteiger partial charge in [-0.2, -0.15) is 0 Å². The molecule has 0 unspecified atom stereocenters. The first-order chi connectivity index (χ1) is 10.1. The van der Waals surface area contributed by atoms with E-state index < -0.39 is 4.92 Å². The second-order valence-electron chi connectivity index (χ2n) is 5.62. The van der Waals surface area contributed by atoms with Crippen LogP contribution in [0.4, 0.5) is 5.82 Å². The van der Waals surface area contributed by atoms with Crippen LogP contribution in [-0.4, -0.2) is 50.2 Å². The monoisotopic (exact) mass is 296 g/mol. The number of aryl methyl sites for hydroxylation is 1. The number of aromatic nitrogens is 2. The summed E-state index contributed by atoms with van der Waals surface area (Å²) in [5.41, 5.74) is 0. The highest BCUT2D eigenvalue weighted by atomic mass is 16.6. The Kier molecular flexibility index (Phi) is 5.69. The summed E-state index contributed by atoms with van der Waals surface area (Å²) in [5.74, 6) is 0.703.